The van der Waals surface area contributed by atoms with E-state index in [0.29, 0.717) is 5.69 Å². The second-order valence-corrected chi connectivity index (χ2v) is 1.79. The number of hydrogen-bond donors (Lipinski definition) is 1. The Labute approximate surface area is 58.1 Å². The zero-order valence-electron chi connectivity index (χ0n) is 5.46. The molecule has 1 amide bonds. The molecule has 0 atom stereocenters. The molecule has 0 fully saturated rings. The first kappa shape index (κ1) is 6.67. The molecule has 1 radical (unpaired) electrons. The summed E-state index contributed by atoms with van der Waals surface area (Å²) in [6.07, 6.45) is 1.38. The monoisotopic (exact) mass is 136 g/mol. The quantitative estimate of drug-likeness (QED) is 0.575. The number of carbonyl (C=O) groups is 1. The molecule has 51 valence electrons. The summed E-state index contributed by atoms with van der Waals surface area (Å²) in [5.41, 5.74) is 5.52. The van der Waals surface area contributed by atoms with Crippen molar-refractivity contribution >= 4 is 5.91 Å². The average Bonchev–Trinajstić information content (AvgIpc) is 1.88. The van der Waals surface area contributed by atoms with Gasteiger partial charge in [0.1, 0.15) is 0 Å². The van der Waals surface area contributed by atoms with Crippen molar-refractivity contribution in [3.05, 3.63) is 23.8 Å². The predicted molar refractivity (Wildman–Crippen MR) is 34.1 cm³/mol. The number of hydrogen-bond acceptors (Lipinski definition) is 3. The molecule has 0 unspecified atom stereocenters. The van der Waals surface area contributed by atoms with E-state index >= 15 is 0 Å². The molecular weight excluding hydrogens is 130 g/mol. The Balaban J connectivity index is 3.07. The maximum absolute atomic E-state index is 10.4. The molecule has 0 bridgehead atoms. The Morgan fingerprint density at radius 2 is 2.50 bits per heavy atom. The lowest BCUT2D eigenvalue weighted by Crippen LogP contribution is -2.15. The topological polar surface area (TPSA) is 68.9 Å². The molecule has 4 heteroatoms. The number of aryl methyl sites for hydroxylation is 1. The van der Waals surface area contributed by atoms with Gasteiger partial charge in [-0.25, -0.2) is 9.97 Å². The van der Waals surface area contributed by atoms with E-state index < -0.39 is 5.91 Å². The molecule has 10 heavy (non-hydrogen) atoms. The molecule has 0 saturated heterocycles. The average molecular weight is 136 g/mol. The Morgan fingerprint density at radius 1 is 1.80 bits per heavy atom. The first-order chi connectivity index (χ1) is 4.70. The van der Waals surface area contributed by atoms with Crippen LogP contribution in [-0.4, -0.2) is 15.9 Å². The second-order valence-electron chi connectivity index (χ2n) is 1.79. The third-order valence-electron chi connectivity index (χ3n) is 0.954. The van der Waals surface area contributed by atoms with E-state index in [2.05, 4.69) is 16.0 Å². The summed E-state index contributed by atoms with van der Waals surface area (Å²) in [5.74, 6) is -0.576. The number of nitrogens with zero attached hydrogens (tertiary/aromatic N) is 2. The van der Waals surface area contributed by atoms with Gasteiger partial charge >= 0.3 is 0 Å². The standard InChI is InChI=1S/C6H6N3O/c1-4-2-3-8-6(9-4)5(7)10/h3H,1H3,(H2,7,10). The molecule has 2 N–H and O–H groups in total. The largest absolute Gasteiger partial charge is 0.363 e. The van der Waals surface area contributed by atoms with Gasteiger partial charge in [-0.15, -0.1) is 0 Å². The van der Waals surface area contributed by atoms with Crippen LogP contribution in [0.3, 0.4) is 0 Å². The summed E-state index contributed by atoms with van der Waals surface area (Å²) in [6, 6.07) is 2.70. The van der Waals surface area contributed by atoms with Gasteiger partial charge in [0, 0.05) is 18.0 Å². The van der Waals surface area contributed by atoms with Crippen molar-refractivity contribution in [1.82, 2.24) is 9.97 Å². The van der Waals surface area contributed by atoms with Crippen LogP contribution >= 0.6 is 0 Å². The molecule has 0 aliphatic heterocycles. The van der Waals surface area contributed by atoms with Gasteiger partial charge in [-0.2, -0.15) is 0 Å². The van der Waals surface area contributed by atoms with Gasteiger partial charge in [-0.3, -0.25) is 4.79 Å². The van der Waals surface area contributed by atoms with E-state index in [-0.39, 0.29) is 5.82 Å². The Kier molecular flexibility index (Phi) is 1.62. The maximum atomic E-state index is 10.4. The smallest absolute Gasteiger partial charge is 0.286 e. The fraction of sp³-hybridized carbons (Fsp3) is 0.167. The number of rotatable bonds is 1. The maximum Gasteiger partial charge on any atom is 0.286 e. The van der Waals surface area contributed by atoms with Crippen LogP contribution in [0.4, 0.5) is 0 Å². The van der Waals surface area contributed by atoms with Crippen molar-refractivity contribution in [1.29, 1.82) is 0 Å². The van der Waals surface area contributed by atoms with Crippen molar-refractivity contribution in [2.24, 2.45) is 5.73 Å². The highest BCUT2D eigenvalue weighted by Gasteiger charge is 2.01. The van der Waals surface area contributed by atoms with E-state index in [9.17, 15) is 4.79 Å². The number of nitrogens with two attached hydrogens (primary N) is 1. The zero-order valence-corrected chi connectivity index (χ0v) is 5.46. The highest BCUT2D eigenvalue weighted by molar-refractivity contribution is 5.88. The summed E-state index contributed by atoms with van der Waals surface area (Å²) < 4.78 is 0. The summed E-state index contributed by atoms with van der Waals surface area (Å²) in [6.45, 7) is 1.72. The van der Waals surface area contributed by atoms with Crippen LogP contribution in [0.1, 0.15) is 16.3 Å². The minimum atomic E-state index is -0.614. The van der Waals surface area contributed by atoms with Crippen LogP contribution < -0.4 is 5.73 Å². The van der Waals surface area contributed by atoms with Gasteiger partial charge in [0.25, 0.3) is 5.91 Å². The number of primary amides is 1. The lowest BCUT2D eigenvalue weighted by molar-refractivity contribution is 0.0990. The molecule has 0 aliphatic carbocycles. The summed E-state index contributed by atoms with van der Waals surface area (Å²) in [5, 5.41) is 0. The van der Waals surface area contributed by atoms with Crippen LogP contribution in [0.15, 0.2) is 6.20 Å². The summed E-state index contributed by atoms with van der Waals surface area (Å²) in [4.78, 5) is 17.8. The van der Waals surface area contributed by atoms with Crippen molar-refractivity contribution in [3.63, 3.8) is 0 Å². The van der Waals surface area contributed by atoms with E-state index in [4.69, 9.17) is 5.73 Å². The lowest BCUT2D eigenvalue weighted by Gasteiger charge is -1.92. The van der Waals surface area contributed by atoms with Crippen molar-refractivity contribution in [3.8, 4) is 0 Å². The van der Waals surface area contributed by atoms with Crippen LogP contribution in [0.5, 0.6) is 0 Å². The SMILES string of the molecule is Cc1[c]cnc(C(N)=O)n1. The molecule has 1 rings (SSSR count). The fourth-order valence-corrected chi connectivity index (χ4v) is 0.526. The minimum Gasteiger partial charge on any atom is -0.363 e. The first-order valence-corrected chi connectivity index (χ1v) is 2.71. The molecule has 0 spiro atoms. The number of amides is 1. The Morgan fingerprint density at radius 3 is 2.90 bits per heavy atom. The third kappa shape index (κ3) is 1.28. The fourth-order valence-electron chi connectivity index (χ4n) is 0.526. The van der Waals surface area contributed by atoms with E-state index in [1.165, 1.54) is 6.20 Å². The van der Waals surface area contributed by atoms with Crippen LogP contribution in [0.25, 0.3) is 0 Å². The molecule has 0 aromatic carbocycles. The minimum absolute atomic E-state index is 0.0382. The van der Waals surface area contributed by atoms with Crippen LogP contribution in [0, 0.1) is 13.0 Å². The van der Waals surface area contributed by atoms with Crippen LogP contribution in [0.2, 0.25) is 0 Å². The molecule has 1 aromatic rings. The van der Waals surface area contributed by atoms with Crippen LogP contribution in [-0.2, 0) is 0 Å². The van der Waals surface area contributed by atoms with Crippen molar-refractivity contribution in [2.45, 2.75) is 6.92 Å². The number of carbonyl (C=O) groups excluding carboxylic acids is 1. The summed E-state index contributed by atoms with van der Waals surface area (Å²) >= 11 is 0. The van der Waals surface area contributed by atoms with Gasteiger partial charge in [0.05, 0.1) is 0 Å². The lowest BCUT2D eigenvalue weighted by atomic mass is 10.4. The van der Waals surface area contributed by atoms with E-state index in [0.717, 1.165) is 0 Å². The zero-order chi connectivity index (χ0) is 7.56. The molecule has 1 heterocycles. The molecule has 0 aliphatic rings. The van der Waals surface area contributed by atoms with Crippen molar-refractivity contribution < 1.29 is 4.79 Å². The first-order valence-electron chi connectivity index (χ1n) is 2.71. The molecule has 1 aromatic heterocycles. The molecular formula is C6H6N3O. The van der Waals surface area contributed by atoms with Gasteiger partial charge in [0.2, 0.25) is 5.82 Å². The Hall–Kier alpha value is -1.45. The third-order valence-corrected chi connectivity index (χ3v) is 0.954. The van der Waals surface area contributed by atoms with Gasteiger partial charge in [-0.05, 0) is 6.92 Å². The van der Waals surface area contributed by atoms with Crippen molar-refractivity contribution in [2.75, 3.05) is 0 Å². The highest BCUT2D eigenvalue weighted by atomic mass is 16.1. The number of aromatic nitrogens is 2. The summed E-state index contributed by atoms with van der Waals surface area (Å²) in [7, 11) is 0. The molecule has 4 nitrogen and oxygen atoms in total. The second kappa shape index (κ2) is 2.43. The normalized spacial score (nSPS) is 9.30. The predicted octanol–water partition coefficient (Wildman–Crippen LogP) is -0.316. The van der Waals surface area contributed by atoms with Gasteiger partial charge < -0.3 is 5.73 Å². The Bertz CT molecular complexity index is 259. The highest BCUT2D eigenvalue weighted by Crippen LogP contribution is 1.89. The van der Waals surface area contributed by atoms with E-state index in [1.54, 1.807) is 6.92 Å². The van der Waals surface area contributed by atoms with Gasteiger partial charge in [0.15, 0.2) is 0 Å². The van der Waals surface area contributed by atoms with E-state index in [1.807, 2.05) is 0 Å². The van der Waals surface area contributed by atoms with Gasteiger partial charge in [-0.1, -0.05) is 0 Å². The molecule has 0 saturated carbocycles.